The number of aryl methyl sites for hydroxylation is 1. The van der Waals surface area contributed by atoms with E-state index in [0.717, 1.165) is 0 Å². The molecule has 0 saturated carbocycles. The molecule has 0 N–H and O–H groups in total. The molecule has 0 aliphatic rings. The Morgan fingerprint density at radius 1 is 0.667 bits per heavy atom. The van der Waals surface area contributed by atoms with E-state index in [4.69, 9.17) is 0 Å². The Morgan fingerprint density at radius 2 is 1.22 bits per heavy atom. The minimum Gasteiger partial charge on any atom is -0.0776 e. The predicted molar refractivity (Wildman–Crippen MR) is 84.3 cm³/mol. The highest BCUT2D eigenvalue weighted by Gasteiger charge is 1.99. The maximum Gasteiger partial charge on any atom is -0.0103 e. The highest BCUT2D eigenvalue weighted by atomic mass is 14.0. The maximum atomic E-state index is 2.26. The first-order valence-electron chi connectivity index (χ1n) is 6.23. The molecule has 0 aliphatic heterocycles. The van der Waals surface area contributed by atoms with Crippen molar-refractivity contribution in [2.24, 2.45) is 0 Å². The van der Waals surface area contributed by atoms with Crippen molar-refractivity contribution in [2.75, 3.05) is 0 Å². The van der Waals surface area contributed by atoms with Crippen LogP contribution < -0.4 is 0 Å². The van der Waals surface area contributed by atoms with Crippen LogP contribution >= 0.6 is 0 Å². The Bertz CT molecular complexity index is 636. The van der Waals surface area contributed by atoms with E-state index >= 15 is 0 Å². The van der Waals surface area contributed by atoms with Crippen molar-refractivity contribution in [3.8, 4) is 0 Å². The van der Waals surface area contributed by atoms with Gasteiger partial charge in [0, 0.05) is 0 Å². The van der Waals surface area contributed by atoms with Crippen LogP contribution in [0.1, 0.15) is 26.8 Å². The highest BCUT2D eigenvalue weighted by Crippen LogP contribution is 2.25. The van der Waals surface area contributed by atoms with Crippen molar-refractivity contribution in [1.29, 1.82) is 0 Å². The Hall–Kier alpha value is -1.82. The van der Waals surface area contributed by atoms with Gasteiger partial charge in [0.2, 0.25) is 0 Å². The molecule has 0 aliphatic carbocycles. The van der Waals surface area contributed by atoms with Crippen LogP contribution in [0.25, 0.3) is 21.5 Å². The van der Waals surface area contributed by atoms with Gasteiger partial charge >= 0.3 is 0 Å². The van der Waals surface area contributed by atoms with Gasteiger partial charge < -0.3 is 0 Å². The normalized spacial score (nSPS) is 9.50. The van der Waals surface area contributed by atoms with Crippen molar-refractivity contribution in [3.63, 3.8) is 0 Å². The zero-order valence-corrected chi connectivity index (χ0v) is 10.7. The molecule has 0 nitrogen and oxygen atoms in total. The second kappa shape index (κ2) is 6.20. The molecule has 3 aromatic carbocycles. The molecule has 0 fully saturated rings. The van der Waals surface area contributed by atoms with Crippen LogP contribution in [0.15, 0.2) is 54.6 Å². The number of benzene rings is 3. The summed E-state index contributed by atoms with van der Waals surface area (Å²) in [5.41, 5.74) is 1.32. The third-order valence-electron chi connectivity index (χ3n) is 2.90. The van der Waals surface area contributed by atoms with Gasteiger partial charge in [0.1, 0.15) is 0 Å². The average Bonchev–Trinajstić information content (AvgIpc) is 2.41. The largest absolute Gasteiger partial charge is 0.0776 e. The van der Waals surface area contributed by atoms with Gasteiger partial charge in [-0.2, -0.15) is 0 Å². The molecule has 0 amide bonds. The van der Waals surface area contributed by atoms with Crippen LogP contribution in [0.3, 0.4) is 0 Å². The third kappa shape index (κ3) is 2.53. The summed E-state index contributed by atoms with van der Waals surface area (Å²) in [7, 11) is 0. The zero-order chi connectivity index (χ0) is 12.3. The zero-order valence-electron chi connectivity index (χ0n) is 10.7. The quantitative estimate of drug-likeness (QED) is 0.424. The fraction of sp³-hybridized carbons (Fsp3) is 0.222. The molecular weight excluding hydrogens is 216 g/mol. The van der Waals surface area contributed by atoms with Gasteiger partial charge in [0.25, 0.3) is 0 Å². The summed E-state index contributed by atoms with van der Waals surface area (Å²) in [6.07, 6.45) is 0. The lowest BCUT2D eigenvalue weighted by atomic mass is 10.0. The summed E-state index contributed by atoms with van der Waals surface area (Å²) in [6.45, 7) is 6.14. The lowest BCUT2D eigenvalue weighted by Crippen LogP contribution is -1.78. The standard InChI is InChI=1S/C15H12.C2H6.CH4/c1-11-6-7-13-9-8-12-4-2-3-5-14(12)15(13)10-11;1-2;/h2-10H,1H3;1-2H3;1H4. The number of rotatable bonds is 0. The Morgan fingerprint density at radius 3 is 1.94 bits per heavy atom. The van der Waals surface area contributed by atoms with E-state index in [9.17, 15) is 0 Å². The lowest BCUT2D eigenvalue weighted by molar-refractivity contribution is 1.50. The Balaban J connectivity index is 0.000000516. The molecule has 0 aromatic heterocycles. The summed E-state index contributed by atoms with van der Waals surface area (Å²) in [6, 6.07) is 19.5. The fourth-order valence-electron chi connectivity index (χ4n) is 2.12. The first-order chi connectivity index (χ1) is 8.34. The van der Waals surface area contributed by atoms with E-state index < -0.39 is 0 Å². The summed E-state index contributed by atoms with van der Waals surface area (Å²) >= 11 is 0. The first-order valence-corrected chi connectivity index (χ1v) is 6.23. The van der Waals surface area contributed by atoms with Crippen LogP contribution in [-0.4, -0.2) is 0 Å². The Labute approximate surface area is 110 Å². The van der Waals surface area contributed by atoms with Gasteiger partial charge in [0.15, 0.2) is 0 Å². The Kier molecular flexibility index (Phi) is 4.91. The smallest absolute Gasteiger partial charge is 0.0103 e. The summed E-state index contributed by atoms with van der Waals surface area (Å²) < 4.78 is 0. The van der Waals surface area contributed by atoms with Crippen molar-refractivity contribution >= 4 is 21.5 Å². The van der Waals surface area contributed by atoms with Crippen molar-refractivity contribution in [2.45, 2.75) is 28.2 Å². The monoisotopic (exact) mass is 238 g/mol. The average molecular weight is 238 g/mol. The summed E-state index contributed by atoms with van der Waals surface area (Å²) in [5, 5.41) is 5.33. The summed E-state index contributed by atoms with van der Waals surface area (Å²) in [5.74, 6) is 0. The van der Waals surface area contributed by atoms with Crippen LogP contribution in [-0.2, 0) is 0 Å². The van der Waals surface area contributed by atoms with Gasteiger partial charge in [-0.25, -0.2) is 0 Å². The highest BCUT2D eigenvalue weighted by molar-refractivity contribution is 6.07. The van der Waals surface area contributed by atoms with Gasteiger partial charge in [-0.1, -0.05) is 81.4 Å². The van der Waals surface area contributed by atoms with Crippen molar-refractivity contribution in [1.82, 2.24) is 0 Å². The third-order valence-corrected chi connectivity index (χ3v) is 2.90. The molecule has 18 heavy (non-hydrogen) atoms. The molecule has 0 unspecified atom stereocenters. The van der Waals surface area contributed by atoms with Gasteiger partial charge in [-0.15, -0.1) is 0 Å². The first kappa shape index (κ1) is 14.2. The minimum absolute atomic E-state index is 0. The van der Waals surface area contributed by atoms with E-state index in [2.05, 4.69) is 61.5 Å². The van der Waals surface area contributed by atoms with Gasteiger partial charge in [-0.05, 0) is 28.5 Å². The molecule has 0 bridgehead atoms. The number of hydrogen-bond acceptors (Lipinski definition) is 0. The fourth-order valence-corrected chi connectivity index (χ4v) is 2.12. The molecule has 0 saturated heterocycles. The molecule has 0 heterocycles. The molecule has 0 atom stereocenters. The number of fused-ring (bicyclic) bond motifs is 3. The van der Waals surface area contributed by atoms with E-state index in [1.807, 2.05) is 13.8 Å². The van der Waals surface area contributed by atoms with Crippen LogP contribution in [0.4, 0.5) is 0 Å². The van der Waals surface area contributed by atoms with Gasteiger partial charge in [0.05, 0.1) is 0 Å². The molecule has 94 valence electrons. The van der Waals surface area contributed by atoms with E-state index in [0.29, 0.717) is 0 Å². The molecule has 0 heteroatoms. The van der Waals surface area contributed by atoms with Crippen LogP contribution in [0.2, 0.25) is 0 Å². The molecular formula is C18H22. The van der Waals surface area contributed by atoms with Crippen molar-refractivity contribution < 1.29 is 0 Å². The lowest BCUT2D eigenvalue weighted by Gasteiger charge is -2.04. The SMILES string of the molecule is C.CC.Cc1ccc2ccc3ccccc3c2c1. The van der Waals surface area contributed by atoms with Crippen LogP contribution in [0.5, 0.6) is 0 Å². The summed E-state index contributed by atoms with van der Waals surface area (Å²) in [4.78, 5) is 0. The molecule has 0 radical (unpaired) electrons. The molecule has 0 spiro atoms. The van der Waals surface area contributed by atoms with Crippen molar-refractivity contribution in [3.05, 3.63) is 60.2 Å². The predicted octanol–water partition coefficient (Wildman–Crippen LogP) is 5.96. The number of hydrogen-bond donors (Lipinski definition) is 0. The van der Waals surface area contributed by atoms with E-state index in [-0.39, 0.29) is 7.43 Å². The maximum absolute atomic E-state index is 2.26. The second-order valence-corrected chi connectivity index (χ2v) is 4.01. The van der Waals surface area contributed by atoms with E-state index in [1.165, 1.54) is 27.1 Å². The topological polar surface area (TPSA) is 0 Å². The van der Waals surface area contributed by atoms with Gasteiger partial charge in [-0.3, -0.25) is 0 Å². The second-order valence-electron chi connectivity index (χ2n) is 4.01. The molecule has 3 rings (SSSR count). The van der Waals surface area contributed by atoms with E-state index in [1.54, 1.807) is 0 Å². The molecule has 3 aromatic rings. The minimum atomic E-state index is 0. The van der Waals surface area contributed by atoms with Crippen LogP contribution in [0, 0.1) is 6.92 Å².